The summed E-state index contributed by atoms with van der Waals surface area (Å²) in [5.74, 6) is 0.790. The van der Waals surface area contributed by atoms with Gasteiger partial charge in [-0.2, -0.15) is 0 Å². The molecule has 1 aliphatic rings. The normalized spacial score (nSPS) is 19.7. The van der Waals surface area contributed by atoms with Gasteiger partial charge in [-0.3, -0.25) is 4.79 Å². The van der Waals surface area contributed by atoms with Crippen LogP contribution in [-0.2, 0) is 4.79 Å². The van der Waals surface area contributed by atoms with E-state index in [1.165, 1.54) is 0 Å². The molecule has 4 heteroatoms. The van der Waals surface area contributed by atoms with Gasteiger partial charge in [0.05, 0.1) is 6.10 Å². The molecular formula is C13H18N2O2. The Bertz CT molecular complexity index is 431. The van der Waals surface area contributed by atoms with Gasteiger partial charge < -0.3 is 15.4 Å². The Morgan fingerprint density at radius 3 is 2.94 bits per heavy atom. The van der Waals surface area contributed by atoms with E-state index in [1.807, 2.05) is 25.1 Å². The van der Waals surface area contributed by atoms with Crippen molar-refractivity contribution in [3.63, 3.8) is 0 Å². The fourth-order valence-electron chi connectivity index (χ4n) is 1.92. The van der Waals surface area contributed by atoms with Crippen LogP contribution in [0.3, 0.4) is 0 Å². The van der Waals surface area contributed by atoms with Gasteiger partial charge in [0, 0.05) is 17.3 Å². The zero-order valence-electron chi connectivity index (χ0n) is 10.4. The summed E-state index contributed by atoms with van der Waals surface area (Å²) in [4.78, 5) is 11.6. The van der Waals surface area contributed by atoms with Crippen molar-refractivity contribution < 1.29 is 9.53 Å². The molecule has 2 atom stereocenters. The topological polar surface area (TPSA) is 50.4 Å². The lowest BCUT2D eigenvalue weighted by Gasteiger charge is -2.13. The van der Waals surface area contributed by atoms with Crippen LogP contribution in [0.25, 0.3) is 0 Å². The standard InChI is InChI=1S/C13H18N2O2/c1-4-8(2)17-9-5-6-10-11(7-9)15-13(16)12(10)14-3/h5-8,12,14H,4H2,1-3H3,(H,15,16). The maximum absolute atomic E-state index is 11.6. The molecule has 1 aromatic rings. The quantitative estimate of drug-likeness (QED) is 0.838. The number of fused-ring (bicyclic) bond motifs is 1. The van der Waals surface area contributed by atoms with Gasteiger partial charge in [0.15, 0.2) is 0 Å². The number of nitrogens with one attached hydrogen (secondary N) is 2. The van der Waals surface area contributed by atoms with Crippen molar-refractivity contribution in [1.29, 1.82) is 0 Å². The number of benzene rings is 1. The fourth-order valence-corrected chi connectivity index (χ4v) is 1.92. The number of anilines is 1. The Hall–Kier alpha value is -1.55. The van der Waals surface area contributed by atoms with Gasteiger partial charge in [-0.05, 0) is 26.5 Å². The Kier molecular flexibility index (Phi) is 3.33. The van der Waals surface area contributed by atoms with Crippen molar-refractivity contribution in [1.82, 2.24) is 5.32 Å². The fraction of sp³-hybridized carbons (Fsp3) is 0.462. The average Bonchev–Trinajstić information content (AvgIpc) is 2.63. The second-order valence-electron chi connectivity index (χ2n) is 4.30. The molecule has 2 N–H and O–H groups in total. The number of carbonyl (C=O) groups is 1. The summed E-state index contributed by atoms with van der Waals surface area (Å²) in [6.45, 7) is 4.11. The number of amides is 1. The summed E-state index contributed by atoms with van der Waals surface area (Å²) in [7, 11) is 1.78. The first-order valence-electron chi connectivity index (χ1n) is 5.94. The number of hydrogen-bond acceptors (Lipinski definition) is 3. The summed E-state index contributed by atoms with van der Waals surface area (Å²) in [6.07, 6.45) is 1.15. The third-order valence-electron chi connectivity index (χ3n) is 3.06. The molecule has 4 nitrogen and oxygen atoms in total. The van der Waals surface area contributed by atoms with Crippen LogP contribution in [0.4, 0.5) is 5.69 Å². The molecule has 0 aliphatic carbocycles. The van der Waals surface area contributed by atoms with Crippen LogP contribution in [0.15, 0.2) is 18.2 Å². The highest BCUT2D eigenvalue weighted by Crippen LogP contribution is 2.33. The summed E-state index contributed by atoms with van der Waals surface area (Å²) < 4.78 is 5.72. The third-order valence-corrected chi connectivity index (χ3v) is 3.06. The van der Waals surface area contributed by atoms with Crippen molar-refractivity contribution in [2.24, 2.45) is 0 Å². The van der Waals surface area contributed by atoms with E-state index >= 15 is 0 Å². The van der Waals surface area contributed by atoms with Crippen LogP contribution in [0.2, 0.25) is 0 Å². The molecule has 0 spiro atoms. The van der Waals surface area contributed by atoms with Gasteiger partial charge in [0.2, 0.25) is 5.91 Å². The Labute approximate surface area is 101 Å². The predicted molar refractivity (Wildman–Crippen MR) is 67.3 cm³/mol. The number of carbonyl (C=O) groups excluding carboxylic acids is 1. The predicted octanol–water partition coefficient (Wildman–Crippen LogP) is 2.08. The molecule has 0 bridgehead atoms. The molecule has 2 unspecified atom stereocenters. The van der Waals surface area contributed by atoms with Crippen molar-refractivity contribution in [3.05, 3.63) is 23.8 Å². The van der Waals surface area contributed by atoms with E-state index in [0.29, 0.717) is 0 Å². The number of ether oxygens (including phenoxy) is 1. The van der Waals surface area contributed by atoms with Crippen molar-refractivity contribution >= 4 is 11.6 Å². The molecule has 0 saturated carbocycles. The van der Waals surface area contributed by atoms with E-state index in [0.717, 1.165) is 23.4 Å². The van der Waals surface area contributed by atoms with Crippen molar-refractivity contribution in [2.45, 2.75) is 32.4 Å². The molecule has 1 heterocycles. The van der Waals surface area contributed by atoms with E-state index in [4.69, 9.17) is 4.74 Å². The maximum Gasteiger partial charge on any atom is 0.246 e. The van der Waals surface area contributed by atoms with E-state index in [2.05, 4.69) is 17.6 Å². The Morgan fingerprint density at radius 1 is 1.53 bits per heavy atom. The molecule has 0 saturated heterocycles. The van der Waals surface area contributed by atoms with Crippen LogP contribution in [0.1, 0.15) is 31.9 Å². The smallest absolute Gasteiger partial charge is 0.246 e. The molecule has 17 heavy (non-hydrogen) atoms. The molecule has 0 fully saturated rings. The SMILES string of the molecule is CCC(C)Oc1ccc2c(c1)NC(=O)C2NC. The molecule has 0 aromatic heterocycles. The molecule has 1 aliphatic heterocycles. The minimum Gasteiger partial charge on any atom is -0.491 e. The molecular weight excluding hydrogens is 216 g/mol. The number of hydrogen-bond donors (Lipinski definition) is 2. The van der Waals surface area contributed by atoms with Crippen LogP contribution >= 0.6 is 0 Å². The lowest BCUT2D eigenvalue weighted by molar-refractivity contribution is -0.117. The van der Waals surface area contributed by atoms with Gasteiger partial charge >= 0.3 is 0 Å². The van der Waals surface area contributed by atoms with E-state index < -0.39 is 0 Å². The van der Waals surface area contributed by atoms with Crippen LogP contribution in [-0.4, -0.2) is 19.1 Å². The highest BCUT2D eigenvalue weighted by molar-refractivity contribution is 6.02. The monoisotopic (exact) mass is 234 g/mol. The summed E-state index contributed by atoms with van der Waals surface area (Å²) >= 11 is 0. The second kappa shape index (κ2) is 4.75. The van der Waals surface area contributed by atoms with E-state index in [9.17, 15) is 4.79 Å². The number of rotatable bonds is 4. The molecule has 1 aromatic carbocycles. The summed E-state index contributed by atoms with van der Waals surface area (Å²) in [6, 6.07) is 5.49. The Morgan fingerprint density at radius 2 is 2.29 bits per heavy atom. The molecule has 1 amide bonds. The lowest BCUT2D eigenvalue weighted by atomic mass is 10.1. The van der Waals surface area contributed by atoms with Crippen molar-refractivity contribution in [2.75, 3.05) is 12.4 Å². The minimum absolute atomic E-state index is 0.0109. The highest BCUT2D eigenvalue weighted by Gasteiger charge is 2.29. The first-order chi connectivity index (χ1) is 8.15. The van der Waals surface area contributed by atoms with E-state index in [1.54, 1.807) is 7.05 Å². The van der Waals surface area contributed by atoms with Gasteiger partial charge in [-0.1, -0.05) is 13.0 Å². The average molecular weight is 234 g/mol. The van der Waals surface area contributed by atoms with Gasteiger partial charge in [0.1, 0.15) is 11.8 Å². The van der Waals surface area contributed by atoms with Crippen LogP contribution < -0.4 is 15.4 Å². The van der Waals surface area contributed by atoms with Crippen molar-refractivity contribution in [3.8, 4) is 5.75 Å². The van der Waals surface area contributed by atoms with Gasteiger partial charge in [-0.25, -0.2) is 0 Å². The van der Waals surface area contributed by atoms with Crippen LogP contribution in [0.5, 0.6) is 5.75 Å². The lowest BCUT2D eigenvalue weighted by Crippen LogP contribution is -2.23. The minimum atomic E-state index is -0.248. The summed E-state index contributed by atoms with van der Waals surface area (Å²) in [5, 5.41) is 5.84. The second-order valence-corrected chi connectivity index (χ2v) is 4.30. The zero-order valence-corrected chi connectivity index (χ0v) is 10.4. The van der Waals surface area contributed by atoms with Gasteiger partial charge in [0.25, 0.3) is 0 Å². The van der Waals surface area contributed by atoms with Crippen LogP contribution in [0, 0.1) is 0 Å². The first kappa shape index (κ1) is 11.9. The molecule has 92 valence electrons. The maximum atomic E-state index is 11.6. The van der Waals surface area contributed by atoms with Gasteiger partial charge in [-0.15, -0.1) is 0 Å². The zero-order chi connectivity index (χ0) is 12.4. The Balaban J connectivity index is 2.22. The largest absolute Gasteiger partial charge is 0.491 e. The third kappa shape index (κ3) is 2.26. The highest BCUT2D eigenvalue weighted by atomic mass is 16.5. The summed E-state index contributed by atoms with van der Waals surface area (Å²) in [5.41, 5.74) is 1.82. The number of likely N-dealkylation sites (N-methyl/N-ethyl adjacent to an activating group) is 1. The molecule has 0 radical (unpaired) electrons. The van der Waals surface area contributed by atoms with E-state index in [-0.39, 0.29) is 18.1 Å². The molecule has 2 rings (SSSR count). The first-order valence-corrected chi connectivity index (χ1v) is 5.94.